The lowest BCUT2D eigenvalue weighted by Gasteiger charge is -2.06. The Kier molecular flexibility index (Phi) is 5.74. The summed E-state index contributed by atoms with van der Waals surface area (Å²) in [7, 11) is 1.61. The molecule has 0 unspecified atom stereocenters. The quantitative estimate of drug-likeness (QED) is 0.637. The van der Waals surface area contributed by atoms with Crippen LogP contribution in [0.2, 0.25) is 0 Å². The molecule has 0 atom stereocenters. The highest BCUT2D eigenvalue weighted by Gasteiger charge is 2.00. The SMILES string of the molecule is COc1ccc(NCC(=O)N/N=C\c2cc(C)ccc2C)cc1. The molecule has 5 nitrogen and oxygen atoms in total. The van der Waals surface area contributed by atoms with E-state index >= 15 is 0 Å². The molecular formula is C18H21N3O2. The number of benzene rings is 2. The van der Waals surface area contributed by atoms with Crippen molar-refractivity contribution in [3.8, 4) is 5.75 Å². The lowest BCUT2D eigenvalue weighted by Crippen LogP contribution is -2.25. The first-order chi connectivity index (χ1) is 11.1. The fourth-order valence-corrected chi connectivity index (χ4v) is 2.00. The smallest absolute Gasteiger partial charge is 0.259 e. The van der Waals surface area contributed by atoms with Gasteiger partial charge in [-0.15, -0.1) is 0 Å². The molecular weight excluding hydrogens is 290 g/mol. The van der Waals surface area contributed by atoms with Gasteiger partial charge < -0.3 is 10.1 Å². The number of carbonyl (C=O) groups is 1. The molecule has 0 bridgehead atoms. The van der Waals surface area contributed by atoms with Crippen molar-refractivity contribution < 1.29 is 9.53 Å². The molecule has 0 aromatic heterocycles. The summed E-state index contributed by atoms with van der Waals surface area (Å²) in [5.41, 5.74) is 6.63. The van der Waals surface area contributed by atoms with Crippen LogP contribution in [0.25, 0.3) is 0 Å². The van der Waals surface area contributed by atoms with E-state index in [0.29, 0.717) is 0 Å². The van der Waals surface area contributed by atoms with Gasteiger partial charge in [-0.1, -0.05) is 23.8 Å². The highest BCUT2D eigenvalue weighted by atomic mass is 16.5. The Hall–Kier alpha value is -2.82. The van der Waals surface area contributed by atoms with Crippen LogP contribution in [0, 0.1) is 13.8 Å². The van der Waals surface area contributed by atoms with E-state index in [2.05, 4.69) is 15.8 Å². The minimum atomic E-state index is -0.206. The van der Waals surface area contributed by atoms with Gasteiger partial charge in [0, 0.05) is 5.69 Å². The predicted molar refractivity (Wildman–Crippen MR) is 93.1 cm³/mol. The highest BCUT2D eigenvalue weighted by Crippen LogP contribution is 2.14. The van der Waals surface area contributed by atoms with E-state index in [0.717, 1.165) is 28.1 Å². The average molecular weight is 311 g/mol. The van der Waals surface area contributed by atoms with Crippen LogP contribution < -0.4 is 15.5 Å². The van der Waals surface area contributed by atoms with Crippen molar-refractivity contribution in [2.75, 3.05) is 19.0 Å². The van der Waals surface area contributed by atoms with Crippen molar-refractivity contribution in [2.24, 2.45) is 5.10 Å². The zero-order valence-electron chi connectivity index (χ0n) is 13.6. The fraction of sp³-hybridized carbons (Fsp3) is 0.222. The van der Waals surface area contributed by atoms with Crippen molar-refractivity contribution in [2.45, 2.75) is 13.8 Å². The standard InChI is InChI=1S/C18H21N3O2/c1-13-4-5-14(2)15(10-13)11-20-21-18(22)12-19-16-6-8-17(23-3)9-7-16/h4-11,19H,12H2,1-3H3,(H,21,22)/b20-11-. The van der Waals surface area contributed by atoms with Crippen LogP contribution in [0.5, 0.6) is 5.75 Å². The fourth-order valence-electron chi connectivity index (χ4n) is 2.00. The first-order valence-electron chi connectivity index (χ1n) is 7.35. The summed E-state index contributed by atoms with van der Waals surface area (Å²) in [6.07, 6.45) is 1.66. The molecule has 0 aliphatic heterocycles. The topological polar surface area (TPSA) is 62.7 Å². The van der Waals surface area contributed by atoms with Crippen molar-refractivity contribution in [1.82, 2.24) is 5.43 Å². The minimum absolute atomic E-state index is 0.149. The lowest BCUT2D eigenvalue weighted by molar-refractivity contribution is -0.119. The number of anilines is 1. The van der Waals surface area contributed by atoms with E-state index in [1.165, 1.54) is 0 Å². The number of amides is 1. The maximum Gasteiger partial charge on any atom is 0.259 e. The molecule has 0 heterocycles. The molecule has 0 aliphatic rings. The maximum atomic E-state index is 11.8. The molecule has 23 heavy (non-hydrogen) atoms. The molecule has 0 saturated heterocycles. The second-order valence-electron chi connectivity index (χ2n) is 5.24. The molecule has 0 fully saturated rings. The third-order valence-electron chi connectivity index (χ3n) is 3.37. The van der Waals surface area contributed by atoms with Gasteiger partial charge in [0.15, 0.2) is 0 Å². The summed E-state index contributed by atoms with van der Waals surface area (Å²) >= 11 is 0. The Balaban J connectivity index is 1.82. The number of hydrazone groups is 1. The summed E-state index contributed by atoms with van der Waals surface area (Å²) in [6, 6.07) is 13.5. The number of aryl methyl sites for hydroxylation is 2. The Morgan fingerprint density at radius 1 is 1.17 bits per heavy atom. The van der Waals surface area contributed by atoms with Gasteiger partial charge >= 0.3 is 0 Å². The first-order valence-corrected chi connectivity index (χ1v) is 7.35. The lowest BCUT2D eigenvalue weighted by atomic mass is 10.1. The number of rotatable bonds is 6. The van der Waals surface area contributed by atoms with Crippen LogP contribution >= 0.6 is 0 Å². The normalized spacial score (nSPS) is 10.6. The number of hydrogen-bond donors (Lipinski definition) is 2. The molecule has 2 N–H and O–H groups in total. The first kappa shape index (κ1) is 16.5. The van der Waals surface area contributed by atoms with Gasteiger partial charge in [0.25, 0.3) is 5.91 Å². The van der Waals surface area contributed by atoms with Crippen LogP contribution in [0.3, 0.4) is 0 Å². The Morgan fingerprint density at radius 3 is 2.61 bits per heavy atom. The molecule has 2 rings (SSSR count). The van der Waals surface area contributed by atoms with E-state index in [-0.39, 0.29) is 12.5 Å². The van der Waals surface area contributed by atoms with Gasteiger partial charge in [-0.05, 0) is 49.2 Å². The zero-order valence-corrected chi connectivity index (χ0v) is 13.6. The molecule has 0 aliphatic carbocycles. The average Bonchev–Trinajstić information content (AvgIpc) is 2.56. The van der Waals surface area contributed by atoms with E-state index in [4.69, 9.17) is 4.74 Å². The van der Waals surface area contributed by atoms with Gasteiger partial charge in [0.1, 0.15) is 5.75 Å². The molecule has 2 aromatic rings. The van der Waals surface area contributed by atoms with Crippen molar-refractivity contribution in [3.63, 3.8) is 0 Å². The van der Waals surface area contributed by atoms with Crippen molar-refractivity contribution in [3.05, 3.63) is 59.2 Å². The highest BCUT2D eigenvalue weighted by molar-refractivity contribution is 5.85. The number of methoxy groups -OCH3 is 1. The van der Waals surface area contributed by atoms with Crippen LogP contribution in [-0.4, -0.2) is 25.8 Å². The largest absolute Gasteiger partial charge is 0.497 e. The van der Waals surface area contributed by atoms with E-state index in [9.17, 15) is 4.79 Å². The number of hydrogen-bond acceptors (Lipinski definition) is 4. The Bertz CT molecular complexity index is 694. The molecule has 2 aromatic carbocycles. The van der Waals surface area contributed by atoms with Crippen LogP contribution in [0.15, 0.2) is 47.6 Å². The monoisotopic (exact) mass is 311 g/mol. The number of nitrogens with one attached hydrogen (secondary N) is 2. The van der Waals surface area contributed by atoms with Gasteiger partial charge in [0.05, 0.1) is 19.9 Å². The summed E-state index contributed by atoms with van der Waals surface area (Å²) in [4.78, 5) is 11.8. The molecule has 5 heteroatoms. The van der Waals surface area contributed by atoms with E-state index < -0.39 is 0 Å². The third kappa shape index (κ3) is 5.14. The molecule has 0 spiro atoms. The second-order valence-corrected chi connectivity index (χ2v) is 5.24. The molecule has 0 radical (unpaired) electrons. The van der Waals surface area contributed by atoms with Crippen LogP contribution in [-0.2, 0) is 4.79 Å². The summed E-state index contributed by atoms with van der Waals surface area (Å²) in [5.74, 6) is 0.570. The minimum Gasteiger partial charge on any atom is -0.497 e. The summed E-state index contributed by atoms with van der Waals surface area (Å²) in [6.45, 7) is 4.18. The molecule has 0 saturated carbocycles. The van der Waals surface area contributed by atoms with Gasteiger partial charge in [-0.3, -0.25) is 4.79 Å². The number of carbonyl (C=O) groups excluding carboxylic acids is 1. The summed E-state index contributed by atoms with van der Waals surface area (Å²) < 4.78 is 5.08. The molecule has 120 valence electrons. The zero-order chi connectivity index (χ0) is 16.7. The maximum absolute atomic E-state index is 11.8. The van der Waals surface area contributed by atoms with E-state index in [1.54, 1.807) is 13.3 Å². The van der Waals surface area contributed by atoms with Gasteiger partial charge in [-0.25, -0.2) is 5.43 Å². The van der Waals surface area contributed by atoms with Crippen molar-refractivity contribution in [1.29, 1.82) is 0 Å². The predicted octanol–water partition coefficient (Wildman–Crippen LogP) is 2.87. The van der Waals surface area contributed by atoms with E-state index in [1.807, 2.05) is 56.3 Å². The van der Waals surface area contributed by atoms with Gasteiger partial charge in [0.2, 0.25) is 0 Å². The second kappa shape index (κ2) is 7.98. The Labute approximate surface area is 136 Å². The van der Waals surface area contributed by atoms with Crippen LogP contribution in [0.1, 0.15) is 16.7 Å². The Morgan fingerprint density at radius 2 is 1.91 bits per heavy atom. The van der Waals surface area contributed by atoms with Gasteiger partial charge in [-0.2, -0.15) is 5.10 Å². The number of nitrogens with zero attached hydrogens (tertiary/aromatic N) is 1. The van der Waals surface area contributed by atoms with Crippen LogP contribution in [0.4, 0.5) is 5.69 Å². The third-order valence-corrected chi connectivity index (χ3v) is 3.37. The van der Waals surface area contributed by atoms with Crippen molar-refractivity contribution >= 4 is 17.8 Å². The molecule has 1 amide bonds. The summed E-state index contributed by atoms with van der Waals surface area (Å²) in [5, 5.41) is 7.02. The number of ether oxygens (including phenoxy) is 1.